The molecule has 4 atom stereocenters. The van der Waals surface area contributed by atoms with Crippen LogP contribution < -0.4 is 10.6 Å². The molecule has 236 valence electrons. The number of aliphatic hydroxyl groups is 1. The summed E-state index contributed by atoms with van der Waals surface area (Å²) in [6.07, 6.45) is 0.645. The Kier molecular flexibility index (Phi) is 10.4. The second-order valence-electron chi connectivity index (χ2n) is 11.3. The van der Waals surface area contributed by atoms with E-state index >= 15 is 0 Å². The fraction of sp³-hybridized carbons (Fsp3) is 0.250. The number of aliphatic hydroxyl groups excluding tert-OH is 1. The second-order valence-corrected chi connectivity index (χ2v) is 12.3. The van der Waals surface area contributed by atoms with E-state index in [1.165, 1.54) is 6.33 Å². The number of aromatic amines is 1. The van der Waals surface area contributed by atoms with Gasteiger partial charge in [0.25, 0.3) is 0 Å². The molecule has 4 aromatic carbocycles. The van der Waals surface area contributed by atoms with Crippen LogP contribution in [0.15, 0.2) is 115 Å². The Balaban J connectivity index is 1.12. The number of thioether (sulfide) groups is 1. The Hall–Kier alpha value is -4.48. The molecule has 6 rings (SSSR count). The highest BCUT2D eigenvalue weighted by atomic mass is 32.2. The van der Waals surface area contributed by atoms with Crippen LogP contribution in [0.4, 0.5) is 4.79 Å². The molecule has 46 heavy (non-hydrogen) atoms. The maximum atomic E-state index is 12.4. The summed E-state index contributed by atoms with van der Waals surface area (Å²) in [6, 6.07) is 33.9. The lowest BCUT2D eigenvalue weighted by atomic mass is 9.91. The average Bonchev–Trinajstić information content (AvgIpc) is 3.64. The molecule has 4 N–H and O–H groups in total. The zero-order chi connectivity index (χ0) is 31.7. The number of aromatic nitrogens is 3. The van der Waals surface area contributed by atoms with Crippen LogP contribution in [-0.2, 0) is 29.2 Å². The first-order valence-electron chi connectivity index (χ1n) is 15.3. The molecule has 2 amide bonds. The lowest BCUT2D eigenvalue weighted by Gasteiger charge is -2.41. The normalized spacial score (nSPS) is 19.4. The molecular weight excluding hydrogens is 598 g/mol. The van der Waals surface area contributed by atoms with E-state index in [1.807, 2.05) is 78.9 Å². The maximum absolute atomic E-state index is 12.4. The smallest absolute Gasteiger partial charge is 0.315 e. The number of ether oxygens (including phenoxy) is 2. The topological polar surface area (TPSA) is 121 Å². The summed E-state index contributed by atoms with van der Waals surface area (Å²) in [5, 5.41) is 23.0. The molecule has 1 saturated heterocycles. The molecule has 5 aromatic rings. The molecule has 4 unspecified atom stereocenters. The van der Waals surface area contributed by atoms with Crippen LogP contribution in [0.5, 0.6) is 0 Å². The summed E-state index contributed by atoms with van der Waals surface area (Å²) in [7, 11) is 0. The fourth-order valence-electron chi connectivity index (χ4n) is 5.45. The van der Waals surface area contributed by atoms with Gasteiger partial charge in [-0.25, -0.2) is 9.78 Å². The van der Waals surface area contributed by atoms with Gasteiger partial charge < -0.3 is 25.2 Å². The van der Waals surface area contributed by atoms with Crippen LogP contribution in [0.2, 0.25) is 0 Å². The average molecular weight is 636 g/mol. The first kappa shape index (κ1) is 31.5. The Morgan fingerprint density at radius 2 is 1.54 bits per heavy atom. The van der Waals surface area contributed by atoms with Gasteiger partial charge in [0.15, 0.2) is 11.4 Å². The van der Waals surface area contributed by atoms with Crippen LogP contribution in [0.3, 0.4) is 0 Å². The maximum Gasteiger partial charge on any atom is 0.315 e. The van der Waals surface area contributed by atoms with Crippen LogP contribution in [0, 0.1) is 5.92 Å². The molecule has 2 heterocycles. The van der Waals surface area contributed by atoms with Crippen molar-refractivity contribution in [2.75, 3.05) is 5.75 Å². The van der Waals surface area contributed by atoms with Gasteiger partial charge in [-0.3, -0.25) is 5.10 Å². The van der Waals surface area contributed by atoms with Gasteiger partial charge in [0.2, 0.25) is 0 Å². The Morgan fingerprint density at radius 1 is 0.826 bits per heavy atom. The van der Waals surface area contributed by atoms with Gasteiger partial charge in [-0.15, -0.1) is 0 Å². The van der Waals surface area contributed by atoms with E-state index in [0.717, 1.165) is 44.1 Å². The Labute approximate surface area is 272 Å². The number of hydrogen-bond donors (Lipinski definition) is 4. The van der Waals surface area contributed by atoms with E-state index in [4.69, 9.17) is 9.47 Å². The Morgan fingerprint density at radius 3 is 2.26 bits per heavy atom. The molecule has 0 bridgehead atoms. The quantitative estimate of drug-likeness (QED) is 0.122. The van der Waals surface area contributed by atoms with E-state index in [2.05, 4.69) is 57.0 Å². The predicted molar refractivity (Wildman–Crippen MR) is 177 cm³/mol. The molecule has 10 heteroatoms. The third kappa shape index (κ3) is 8.02. The molecule has 1 aliphatic rings. The molecule has 9 nitrogen and oxygen atoms in total. The molecular formula is C36H37N5O4S. The van der Waals surface area contributed by atoms with Crippen molar-refractivity contribution in [2.45, 2.75) is 50.3 Å². The minimum Gasteiger partial charge on any atom is -0.392 e. The van der Waals surface area contributed by atoms with Crippen LogP contribution in [0.25, 0.3) is 11.1 Å². The minimum absolute atomic E-state index is 0.000598. The summed E-state index contributed by atoms with van der Waals surface area (Å²) in [4.78, 5) is 16.6. The molecule has 0 spiro atoms. The van der Waals surface area contributed by atoms with Gasteiger partial charge in [-0.2, -0.15) is 5.10 Å². The lowest BCUT2D eigenvalue weighted by Crippen LogP contribution is -2.38. The largest absolute Gasteiger partial charge is 0.392 e. The van der Waals surface area contributed by atoms with Crippen molar-refractivity contribution in [2.24, 2.45) is 5.92 Å². The molecule has 0 radical (unpaired) electrons. The highest BCUT2D eigenvalue weighted by Crippen LogP contribution is 2.43. The second kappa shape index (κ2) is 15.2. The number of rotatable bonds is 11. The first-order valence-corrected chi connectivity index (χ1v) is 16.3. The standard InChI is InChI=1S/C36H37N5O4S/c1-24-32(22-46-36-39-23-40-41-36)44-34(45-33(24)29-12-10-26(21-42)11-13-29)30-16-14-28(15-17-30)31-9-5-8-27(18-31)20-38-35(43)37-19-25-6-3-2-4-7-25/h2-18,23-24,32-34,42H,19-22H2,1H3,(H2,37,38,43)(H,39,40,41). The predicted octanol–water partition coefficient (Wildman–Crippen LogP) is 6.55. The van der Waals surface area contributed by atoms with E-state index in [9.17, 15) is 9.90 Å². The monoisotopic (exact) mass is 635 g/mol. The van der Waals surface area contributed by atoms with Crippen LogP contribution in [0.1, 0.15) is 47.1 Å². The summed E-state index contributed by atoms with van der Waals surface area (Å²) in [6.45, 7) is 3.04. The molecule has 1 aliphatic heterocycles. The molecule has 1 fully saturated rings. The van der Waals surface area contributed by atoms with Crippen LogP contribution in [-0.4, -0.2) is 38.2 Å². The fourth-order valence-corrected chi connectivity index (χ4v) is 6.39. The summed E-state index contributed by atoms with van der Waals surface area (Å²) in [5.41, 5.74) is 6.99. The summed E-state index contributed by atoms with van der Waals surface area (Å²) < 4.78 is 13.2. The van der Waals surface area contributed by atoms with Gasteiger partial charge in [-0.1, -0.05) is 116 Å². The van der Waals surface area contributed by atoms with Gasteiger partial charge in [-0.05, 0) is 39.4 Å². The van der Waals surface area contributed by atoms with E-state index in [1.54, 1.807) is 11.8 Å². The number of carbonyl (C=O) groups excluding carboxylic acids is 1. The van der Waals surface area contributed by atoms with E-state index in [-0.39, 0.29) is 30.8 Å². The third-order valence-electron chi connectivity index (χ3n) is 8.09. The van der Waals surface area contributed by atoms with Crippen molar-refractivity contribution < 1.29 is 19.4 Å². The molecule has 1 aromatic heterocycles. The summed E-state index contributed by atoms with van der Waals surface area (Å²) >= 11 is 1.57. The van der Waals surface area contributed by atoms with Gasteiger partial charge in [0.05, 0.1) is 18.8 Å². The minimum atomic E-state index is -0.557. The van der Waals surface area contributed by atoms with Gasteiger partial charge >= 0.3 is 6.03 Å². The third-order valence-corrected chi connectivity index (χ3v) is 9.06. The number of benzene rings is 4. The van der Waals surface area contributed by atoms with Crippen LogP contribution >= 0.6 is 11.8 Å². The van der Waals surface area contributed by atoms with Crippen molar-refractivity contribution in [3.05, 3.63) is 137 Å². The number of hydrogen-bond acceptors (Lipinski definition) is 7. The van der Waals surface area contributed by atoms with Gasteiger partial charge in [0, 0.05) is 30.3 Å². The molecule has 0 saturated carbocycles. The summed E-state index contributed by atoms with van der Waals surface area (Å²) in [5.74, 6) is 0.757. The van der Waals surface area contributed by atoms with Gasteiger partial charge in [0.1, 0.15) is 6.33 Å². The van der Waals surface area contributed by atoms with Crippen molar-refractivity contribution in [1.82, 2.24) is 25.8 Å². The number of carbonyl (C=O) groups is 1. The van der Waals surface area contributed by atoms with Crippen molar-refractivity contribution in [1.29, 1.82) is 0 Å². The number of nitrogens with one attached hydrogen (secondary N) is 3. The zero-order valence-corrected chi connectivity index (χ0v) is 26.3. The first-order chi connectivity index (χ1) is 22.6. The van der Waals surface area contributed by atoms with E-state index in [0.29, 0.717) is 18.8 Å². The zero-order valence-electron chi connectivity index (χ0n) is 25.5. The van der Waals surface area contributed by atoms with Crippen molar-refractivity contribution >= 4 is 17.8 Å². The number of nitrogens with zero attached hydrogens (tertiary/aromatic N) is 2. The number of H-pyrrole nitrogens is 1. The number of urea groups is 1. The Bertz CT molecular complexity index is 1680. The molecule has 0 aliphatic carbocycles. The number of amides is 2. The lowest BCUT2D eigenvalue weighted by molar-refractivity contribution is -0.268. The van der Waals surface area contributed by atoms with Crippen molar-refractivity contribution in [3.8, 4) is 11.1 Å². The highest BCUT2D eigenvalue weighted by molar-refractivity contribution is 7.99. The van der Waals surface area contributed by atoms with E-state index < -0.39 is 6.29 Å². The van der Waals surface area contributed by atoms with Crippen molar-refractivity contribution in [3.63, 3.8) is 0 Å². The highest BCUT2D eigenvalue weighted by Gasteiger charge is 2.38. The SMILES string of the molecule is CC1C(CSc2ncn[nH]2)OC(c2ccc(-c3cccc(CNC(=O)NCc4ccccc4)c3)cc2)OC1c1ccc(CO)cc1.